The molecule has 6 heteroatoms. The zero-order valence-corrected chi connectivity index (χ0v) is 42.7. The van der Waals surface area contributed by atoms with Gasteiger partial charge in [-0.3, -0.25) is 14.4 Å². The fourth-order valence-electron chi connectivity index (χ4n) is 6.98. The summed E-state index contributed by atoms with van der Waals surface area (Å²) in [5, 5.41) is 0. The molecule has 66 heavy (non-hydrogen) atoms. The van der Waals surface area contributed by atoms with Gasteiger partial charge in [-0.15, -0.1) is 0 Å². The van der Waals surface area contributed by atoms with Gasteiger partial charge in [0.15, 0.2) is 6.10 Å². The van der Waals surface area contributed by atoms with Crippen molar-refractivity contribution in [2.45, 2.75) is 239 Å². The fraction of sp³-hybridized carbons (Fsp3) is 0.650. The summed E-state index contributed by atoms with van der Waals surface area (Å²) in [6.45, 7) is 6.39. The lowest BCUT2D eigenvalue weighted by atomic mass is 10.1. The first-order valence-electron chi connectivity index (χ1n) is 26.9. The van der Waals surface area contributed by atoms with Crippen LogP contribution in [0.1, 0.15) is 233 Å². The Kier molecular flexibility index (Phi) is 50.5. The zero-order valence-electron chi connectivity index (χ0n) is 42.7. The Hall–Kier alpha value is -3.93. The highest BCUT2D eigenvalue weighted by atomic mass is 16.6. The molecule has 0 aliphatic rings. The maximum Gasteiger partial charge on any atom is 0.306 e. The van der Waals surface area contributed by atoms with Gasteiger partial charge in [0.25, 0.3) is 0 Å². The van der Waals surface area contributed by atoms with E-state index in [9.17, 15) is 14.4 Å². The van der Waals surface area contributed by atoms with Crippen molar-refractivity contribution >= 4 is 17.9 Å². The van der Waals surface area contributed by atoms with E-state index in [-0.39, 0.29) is 31.1 Å². The van der Waals surface area contributed by atoms with E-state index in [2.05, 4.69) is 130 Å². The maximum atomic E-state index is 12.8. The maximum absolute atomic E-state index is 12.8. The summed E-state index contributed by atoms with van der Waals surface area (Å²) in [6.07, 6.45) is 72.4. The summed E-state index contributed by atoms with van der Waals surface area (Å²) >= 11 is 0. The van der Waals surface area contributed by atoms with Gasteiger partial charge >= 0.3 is 17.9 Å². The SMILES string of the molecule is CC/C=C\C/C=C\C/C=C\C/C=C\C/C=C\C/C=C\CCCCC(=O)OCC(COC(=O)CCCCCCCC)OC(=O)CCCCCCCC/C=C\C/C=C\C/C=C\CCCCCCC. The minimum absolute atomic E-state index is 0.0994. The quantitative estimate of drug-likeness (QED) is 0.0262. The normalized spacial score (nSPS) is 13.0. The standard InChI is InChI=1S/C60H98O6/c1-4-7-10-13-16-18-20-22-24-26-28-30-32-34-36-38-40-42-44-47-50-53-59(62)65-56-57(55-64-58(61)52-49-46-15-12-9-6-3)66-60(63)54-51-48-45-43-41-39-37-35-33-31-29-27-25-23-21-19-17-14-11-8-5-2/h7,10,16,18,21-24,27-30,33-36,40,42,57H,4-6,8-9,11-15,17,19-20,25-26,31-32,37-39,41,43-56H2,1-3H3/b10-7-,18-16-,23-21-,24-22-,29-27-,30-28-,35-33-,36-34-,42-40-. The highest BCUT2D eigenvalue weighted by Gasteiger charge is 2.19. The van der Waals surface area contributed by atoms with Crippen LogP contribution in [0.5, 0.6) is 0 Å². The first-order chi connectivity index (χ1) is 32.5. The van der Waals surface area contributed by atoms with Crippen LogP contribution in [0.4, 0.5) is 0 Å². The predicted octanol–water partition coefficient (Wildman–Crippen LogP) is 17.9. The molecule has 0 heterocycles. The average Bonchev–Trinajstić information content (AvgIpc) is 3.31. The van der Waals surface area contributed by atoms with Crippen molar-refractivity contribution < 1.29 is 28.6 Å². The van der Waals surface area contributed by atoms with Gasteiger partial charge in [-0.05, 0) is 109 Å². The van der Waals surface area contributed by atoms with E-state index in [0.717, 1.165) is 116 Å². The van der Waals surface area contributed by atoms with Crippen LogP contribution in [0.15, 0.2) is 109 Å². The van der Waals surface area contributed by atoms with E-state index in [0.29, 0.717) is 25.7 Å². The Morgan fingerprint density at radius 2 is 0.591 bits per heavy atom. The monoisotopic (exact) mass is 915 g/mol. The third kappa shape index (κ3) is 51.1. The molecular weight excluding hydrogens is 817 g/mol. The molecule has 0 radical (unpaired) electrons. The van der Waals surface area contributed by atoms with Crippen molar-refractivity contribution in [3.63, 3.8) is 0 Å². The summed E-state index contributed by atoms with van der Waals surface area (Å²) in [5.41, 5.74) is 0. The molecule has 0 aliphatic carbocycles. The molecule has 6 nitrogen and oxygen atoms in total. The van der Waals surface area contributed by atoms with Crippen LogP contribution in [0, 0.1) is 0 Å². The molecule has 0 bridgehead atoms. The lowest BCUT2D eigenvalue weighted by Crippen LogP contribution is -2.30. The lowest BCUT2D eigenvalue weighted by Gasteiger charge is -2.18. The number of allylic oxidation sites excluding steroid dienone is 18. The number of unbranched alkanes of at least 4 members (excludes halogenated alkanes) is 18. The van der Waals surface area contributed by atoms with Crippen LogP contribution in [0.3, 0.4) is 0 Å². The minimum atomic E-state index is -0.802. The van der Waals surface area contributed by atoms with Crippen molar-refractivity contribution in [3.05, 3.63) is 109 Å². The Balaban J connectivity index is 4.33. The number of carbonyl (C=O) groups is 3. The third-order valence-corrected chi connectivity index (χ3v) is 11.0. The van der Waals surface area contributed by atoms with Crippen molar-refractivity contribution in [2.24, 2.45) is 0 Å². The van der Waals surface area contributed by atoms with Gasteiger partial charge in [0, 0.05) is 19.3 Å². The Morgan fingerprint density at radius 1 is 0.318 bits per heavy atom. The van der Waals surface area contributed by atoms with Gasteiger partial charge in [0.1, 0.15) is 13.2 Å². The molecule has 0 N–H and O–H groups in total. The van der Waals surface area contributed by atoms with Crippen molar-refractivity contribution in [2.75, 3.05) is 13.2 Å². The number of ether oxygens (including phenoxy) is 3. The van der Waals surface area contributed by atoms with Crippen LogP contribution < -0.4 is 0 Å². The largest absolute Gasteiger partial charge is 0.462 e. The molecule has 374 valence electrons. The molecule has 0 saturated carbocycles. The third-order valence-electron chi connectivity index (χ3n) is 11.0. The molecule has 0 aromatic heterocycles. The molecule has 0 spiro atoms. The second-order valence-corrected chi connectivity index (χ2v) is 17.4. The first kappa shape index (κ1) is 62.1. The number of rotatable bonds is 47. The Labute approximate surface area is 406 Å². The van der Waals surface area contributed by atoms with Gasteiger partial charge in [0.2, 0.25) is 0 Å². The van der Waals surface area contributed by atoms with Crippen molar-refractivity contribution in [3.8, 4) is 0 Å². The molecular formula is C60H98O6. The van der Waals surface area contributed by atoms with Gasteiger partial charge < -0.3 is 14.2 Å². The van der Waals surface area contributed by atoms with Gasteiger partial charge in [-0.1, -0.05) is 214 Å². The van der Waals surface area contributed by atoms with Crippen LogP contribution in [0.2, 0.25) is 0 Å². The number of hydrogen-bond acceptors (Lipinski definition) is 6. The molecule has 0 rings (SSSR count). The second kappa shape index (κ2) is 53.7. The molecule has 0 aromatic carbocycles. The van der Waals surface area contributed by atoms with E-state index in [1.54, 1.807) is 0 Å². The van der Waals surface area contributed by atoms with Gasteiger partial charge in [-0.2, -0.15) is 0 Å². The lowest BCUT2D eigenvalue weighted by molar-refractivity contribution is -0.167. The molecule has 0 aromatic rings. The smallest absolute Gasteiger partial charge is 0.306 e. The second-order valence-electron chi connectivity index (χ2n) is 17.4. The van der Waals surface area contributed by atoms with E-state index in [1.165, 1.54) is 70.6 Å². The summed E-state index contributed by atoms with van der Waals surface area (Å²) < 4.78 is 16.7. The Bertz CT molecular complexity index is 1370. The molecule has 1 unspecified atom stereocenters. The van der Waals surface area contributed by atoms with Crippen LogP contribution in [-0.2, 0) is 28.6 Å². The average molecular weight is 915 g/mol. The van der Waals surface area contributed by atoms with E-state index in [1.807, 2.05) is 0 Å². The Morgan fingerprint density at radius 3 is 0.955 bits per heavy atom. The number of carbonyl (C=O) groups excluding carboxylic acids is 3. The zero-order chi connectivity index (χ0) is 47.9. The van der Waals surface area contributed by atoms with Gasteiger partial charge in [-0.25, -0.2) is 0 Å². The van der Waals surface area contributed by atoms with Crippen LogP contribution in [-0.4, -0.2) is 37.2 Å². The van der Waals surface area contributed by atoms with E-state index >= 15 is 0 Å². The highest BCUT2D eigenvalue weighted by molar-refractivity contribution is 5.71. The first-order valence-corrected chi connectivity index (χ1v) is 26.9. The summed E-state index contributed by atoms with van der Waals surface area (Å²) in [6, 6.07) is 0. The molecule has 0 saturated heterocycles. The van der Waals surface area contributed by atoms with Crippen molar-refractivity contribution in [1.82, 2.24) is 0 Å². The van der Waals surface area contributed by atoms with E-state index < -0.39 is 6.10 Å². The van der Waals surface area contributed by atoms with Gasteiger partial charge in [0.05, 0.1) is 0 Å². The molecule has 0 fully saturated rings. The highest BCUT2D eigenvalue weighted by Crippen LogP contribution is 2.13. The number of hydrogen-bond donors (Lipinski definition) is 0. The van der Waals surface area contributed by atoms with Crippen LogP contribution in [0.25, 0.3) is 0 Å². The van der Waals surface area contributed by atoms with Crippen LogP contribution >= 0.6 is 0 Å². The molecule has 0 amide bonds. The summed E-state index contributed by atoms with van der Waals surface area (Å²) in [4.78, 5) is 37.8. The fourth-order valence-corrected chi connectivity index (χ4v) is 6.98. The topological polar surface area (TPSA) is 78.9 Å². The number of esters is 3. The summed E-state index contributed by atoms with van der Waals surface area (Å²) in [5.74, 6) is -0.972. The van der Waals surface area contributed by atoms with Crippen molar-refractivity contribution in [1.29, 1.82) is 0 Å². The molecule has 0 aliphatic heterocycles. The summed E-state index contributed by atoms with van der Waals surface area (Å²) in [7, 11) is 0. The van der Waals surface area contributed by atoms with E-state index in [4.69, 9.17) is 14.2 Å². The molecule has 1 atom stereocenters. The minimum Gasteiger partial charge on any atom is -0.462 e. The predicted molar refractivity (Wildman–Crippen MR) is 283 cm³/mol.